The number of nitrogens with zero attached hydrogens (tertiary/aromatic N) is 1. The van der Waals surface area contributed by atoms with Crippen molar-refractivity contribution >= 4 is 16.7 Å². The van der Waals surface area contributed by atoms with Crippen LogP contribution in [0.5, 0.6) is 0 Å². The number of rotatable bonds is 3. The fraction of sp³-hybridized carbons (Fsp3) is 0.167. The Balaban J connectivity index is 1.51. The zero-order valence-corrected chi connectivity index (χ0v) is 11.8. The number of hydrogen-bond donors (Lipinski definition) is 2. The van der Waals surface area contributed by atoms with E-state index < -0.39 is 0 Å². The molecular formula is C18H17N3. The molecule has 2 aromatic carbocycles. The zero-order valence-electron chi connectivity index (χ0n) is 11.8. The van der Waals surface area contributed by atoms with E-state index in [1.165, 1.54) is 11.1 Å². The van der Waals surface area contributed by atoms with Crippen LogP contribution in [0.15, 0.2) is 61.1 Å². The molecule has 1 aliphatic carbocycles. The van der Waals surface area contributed by atoms with E-state index in [2.05, 4.69) is 58.3 Å². The number of allylic oxidation sites excluding steroid dienone is 1. The average molecular weight is 275 g/mol. The Hall–Kier alpha value is -2.55. The fourth-order valence-electron chi connectivity index (χ4n) is 3.11. The first kappa shape index (κ1) is 12.2. The van der Waals surface area contributed by atoms with E-state index in [1.54, 1.807) is 6.33 Å². The van der Waals surface area contributed by atoms with Crippen molar-refractivity contribution in [3.63, 3.8) is 0 Å². The van der Waals surface area contributed by atoms with E-state index in [0.29, 0.717) is 5.92 Å². The van der Waals surface area contributed by atoms with Crippen LogP contribution in [0.4, 0.5) is 5.69 Å². The maximum atomic E-state index is 4.25. The Morgan fingerprint density at radius 3 is 2.67 bits per heavy atom. The Bertz CT molecular complexity index is 791. The molecule has 3 nitrogen and oxygen atoms in total. The second-order valence-electron chi connectivity index (χ2n) is 5.66. The molecule has 21 heavy (non-hydrogen) atoms. The number of nitrogens with one attached hydrogen (secondary N) is 2. The van der Waals surface area contributed by atoms with Crippen LogP contribution in [0.2, 0.25) is 0 Å². The summed E-state index contributed by atoms with van der Waals surface area (Å²) < 4.78 is 0. The van der Waals surface area contributed by atoms with Crippen molar-refractivity contribution in [1.29, 1.82) is 0 Å². The summed E-state index contributed by atoms with van der Waals surface area (Å²) in [6, 6.07) is 14.8. The Morgan fingerprint density at radius 1 is 1.14 bits per heavy atom. The van der Waals surface area contributed by atoms with Crippen LogP contribution in [0, 0.1) is 5.92 Å². The van der Waals surface area contributed by atoms with Crippen LogP contribution >= 0.6 is 0 Å². The number of aromatic nitrogens is 2. The molecule has 4 rings (SSSR count). The van der Waals surface area contributed by atoms with Gasteiger partial charge in [0.1, 0.15) is 0 Å². The lowest BCUT2D eigenvalue weighted by Gasteiger charge is -2.15. The lowest BCUT2D eigenvalue weighted by molar-refractivity contribution is 0.665. The van der Waals surface area contributed by atoms with Gasteiger partial charge in [0, 0.05) is 17.3 Å². The molecular weight excluding hydrogens is 258 g/mol. The van der Waals surface area contributed by atoms with E-state index in [0.717, 1.165) is 35.3 Å². The maximum absolute atomic E-state index is 4.25. The average Bonchev–Trinajstić information content (AvgIpc) is 3.13. The van der Waals surface area contributed by atoms with Crippen molar-refractivity contribution in [3.05, 3.63) is 72.2 Å². The minimum absolute atomic E-state index is 0.472. The molecule has 0 spiro atoms. The first-order valence-corrected chi connectivity index (χ1v) is 7.25. The monoisotopic (exact) mass is 275 g/mol. The number of H-pyrrole nitrogens is 1. The SMILES string of the molecule is C=C(Nc1ccc2nc[nH]c2c1)C1Cc2ccccc2C1. The summed E-state index contributed by atoms with van der Waals surface area (Å²) >= 11 is 0. The standard InChI is InChI=1S/C18H17N3/c1-12(15-8-13-4-2-3-5-14(13)9-15)21-16-6-7-17-18(10-16)20-11-19-17/h2-7,10-11,15,21H,1,8-9H2,(H,19,20). The van der Waals surface area contributed by atoms with Gasteiger partial charge in [-0.25, -0.2) is 4.98 Å². The van der Waals surface area contributed by atoms with Crippen LogP contribution in [0.25, 0.3) is 11.0 Å². The smallest absolute Gasteiger partial charge is 0.0931 e. The van der Waals surface area contributed by atoms with Gasteiger partial charge in [0.15, 0.2) is 0 Å². The second-order valence-corrected chi connectivity index (χ2v) is 5.66. The molecule has 0 unspecified atom stereocenters. The first-order valence-electron chi connectivity index (χ1n) is 7.25. The van der Waals surface area contributed by atoms with Crippen molar-refractivity contribution < 1.29 is 0 Å². The van der Waals surface area contributed by atoms with E-state index in [1.807, 2.05) is 6.07 Å². The van der Waals surface area contributed by atoms with Gasteiger partial charge in [0.05, 0.1) is 17.4 Å². The number of anilines is 1. The molecule has 0 atom stereocenters. The predicted octanol–water partition coefficient (Wildman–Crippen LogP) is 3.90. The van der Waals surface area contributed by atoms with Gasteiger partial charge in [-0.1, -0.05) is 30.8 Å². The molecule has 0 amide bonds. The molecule has 104 valence electrons. The van der Waals surface area contributed by atoms with E-state index in [4.69, 9.17) is 0 Å². The Labute approximate surface area is 123 Å². The van der Waals surface area contributed by atoms with Crippen molar-refractivity contribution in [1.82, 2.24) is 9.97 Å². The van der Waals surface area contributed by atoms with E-state index in [-0.39, 0.29) is 0 Å². The number of imidazole rings is 1. The lowest BCUT2D eigenvalue weighted by atomic mass is 10.0. The summed E-state index contributed by atoms with van der Waals surface area (Å²) in [7, 11) is 0. The number of hydrogen-bond acceptors (Lipinski definition) is 2. The fourth-order valence-corrected chi connectivity index (χ4v) is 3.11. The molecule has 1 aliphatic rings. The molecule has 0 saturated carbocycles. The van der Waals surface area contributed by atoms with Crippen molar-refractivity contribution in [3.8, 4) is 0 Å². The second kappa shape index (κ2) is 4.77. The minimum Gasteiger partial charge on any atom is -0.359 e. The Kier molecular flexibility index (Phi) is 2.78. The molecule has 0 radical (unpaired) electrons. The molecule has 1 aromatic heterocycles. The van der Waals surface area contributed by atoms with Crippen molar-refractivity contribution in [2.75, 3.05) is 5.32 Å². The third-order valence-corrected chi connectivity index (χ3v) is 4.27. The summed E-state index contributed by atoms with van der Waals surface area (Å²) in [4.78, 5) is 7.37. The molecule has 2 N–H and O–H groups in total. The van der Waals surface area contributed by atoms with Crippen LogP contribution in [-0.2, 0) is 12.8 Å². The number of aromatic amines is 1. The van der Waals surface area contributed by atoms with Crippen LogP contribution in [0.1, 0.15) is 11.1 Å². The molecule has 0 bridgehead atoms. The number of fused-ring (bicyclic) bond motifs is 2. The van der Waals surface area contributed by atoms with Gasteiger partial charge in [-0.15, -0.1) is 0 Å². The first-order chi connectivity index (χ1) is 10.3. The summed E-state index contributed by atoms with van der Waals surface area (Å²) in [5, 5.41) is 3.46. The largest absolute Gasteiger partial charge is 0.359 e. The molecule has 0 saturated heterocycles. The van der Waals surface area contributed by atoms with Gasteiger partial charge < -0.3 is 10.3 Å². The molecule has 0 fully saturated rings. The quantitative estimate of drug-likeness (QED) is 0.761. The normalized spacial score (nSPS) is 14.3. The molecule has 1 heterocycles. The minimum atomic E-state index is 0.472. The Morgan fingerprint density at radius 2 is 1.90 bits per heavy atom. The van der Waals surface area contributed by atoms with E-state index >= 15 is 0 Å². The highest BCUT2D eigenvalue weighted by Gasteiger charge is 2.23. The topological polar surface area (TPSA) is 40.7 Å². The van der Waals surface area contributed by atoms with Crippen LogP contribution in [-0.4, -0.2) is 9.97 Å². The van der Waals surface area contributed by atoms with Gasteiger partial charge in [0.2, 0.25) is 0 Å². The summed E-state index contributed by atoms with van der Waals surface area (Å²) in [5.74, 6) is 0.472. The predicted molar refractivity (Wildman–Crippen MR) is 86.2 cm³/mol. The van der Waals surface area contributed by atoms with Crippen molar-refractivity contribution in [2.45, 2.75) is 12.8 Å². The maximum Gasteiger partial charge on any atom is 0.0931 e. The summed E-state index contributed by atoms with van der Waals surface area (Å²) in [6.45, 7) is 4.25. The van der Waals surface area contributed by atoms with Gasteiger partial charge in [0.25, 0.3) is 0 Å². The number of benzene rings is 2. The van der Waals surface area contributed by atoms with Crippen molar-refractivity contribution in [2.24, 2.45) is 5.92 Å². The lowest BCUT2D eigenvalue weighted by Crippen LogP contribution is -2.11. The summed E-state index contributed by atoms with van der Waals surface area (Å²) in [6.07, 6.45) is 3.87. The third-order valence-electron chi connectivity index (χ3n) is 4.27. The van der Waals surface area contributed by atoms with Crippen LogP contribution in [0.3, 0.4) is 0 Å². The van der Waals surface area contributed by atoms with Gasteiger partial charge in [-0.3, -0.25) is 0 Å². The highest BCUT2D eigenvalue weighted by Crippen LogP contribution is 2.31. The molecule has 3 heteroatoms. The zero-order chi connectivity index (χ0) is 14.2. The van der Waals surface area contributed by atoms with E-state index in [9.17, 15) is 0 Å². The van der Waals surface area contributed by atoms with Gasteiger partial charge in [-0.2, -0.15) is 0 Å². The highest BCUT2D eigenvalue weighted by atomic mass is 14.9. The van der Waals surface area contributed by atoms with Gasteiger partial charge in [-0.05, 0) is 42.2 Å². The third kappa shape index (κ3) is 2.21. The summed E-state index contributed by atoms with van der Waals surface area (Å²) in [5.41, 5.74) is 7.09. The molecule has 3 aromatic rings. The van der Waals surface area contributed by atoms with Crippen LogP contribution < -0.4 is 5.32 Å². The van der Waals surface area contributed by atoms with Gasteiger partial charge >= 0.3 is 0 Å². The highest BCUT2D eigenvalue weighted by molar-refractivity contribution is 5.79. The molecule has 0 aliphatic heterocycles.